The summed E-state index contributed by atoms with van der Waals surface area (Å²) in [6, 6.07) is 4.16. The van der Waals surface area contributed by atoms with Crippen LogP contribution in [0.5, 0.6) is 5.75 Å². The van der Waals surface area contributed by atoms with E-state index in [4.69, 9.17) is 10.5 Å². The van der Waals surface area contributed by atoms with Crippen LogP contribution in [0.25, 0.3) is 0 Å². The summed E-state index contributed by atoms with van der Waals surface area (Å²) in [5, 5.41) is 4.26. The minimum atomic E-state index is -0.644. The molecule has 0 bridgehead atoms. The molecular formula is C14H17BrFN3O. The van der Waals surface area contributed by atoms with Gasteiger partial charge < -0.3 is 10.5 Å². The molecular weight excluding hydrogens is 325 g/mol. The first kappa shape index (κ1) is 15.0. The van der Waals surface area contributed by atoms with Crippen molar-refractivity contribution in [1.82, 2.24) is 9.78 Å². The summed E-state index contributed by atoms with van der Waals surface area (Å²) in [5.41, 5.74) is 7.35. The number of halogens is 2. The molecule has 0 radical (unpaired) electrons. The third-order valence-corrected chi connectivity index (χ3v) is 3.80. The molecule has 6 heteroatoms. The minimum absolute atomic E-state index is 0.349. The lowest BCUT2D eigenvalue weighted by molar-refractivity contribution is 0.403. The number of rotatable bonds is 5. The lowest BCUT2D eigenvalue weighted by Crippen LogP contribution is -2.20. The lowest BCUT2D eigenvalue weighted by Gasteiger charge is -2.18. The van der Waals surface area contributed by atoms with Gasteiger partial charge in [-0.2, -0.15) is 5.10 Å². The molecule has 0 saturated carbocycles. The molecule has 2 aromatic rings. The molecule has 0 amide bonds. The molecule has 4 nitrogen and oxygen atoms in total. The lowest BCUT2D eigenvalue weighted by atomic mass is 10.0. The molecule has 1 unspecified atom stereocenters. The van der Waals surface area contributed by atoms with Gasteiger partial charge in [-0.3, -0.25) is 4.68 Å². The summed E-state index contributed by atoms with van der Waals surface area (Å²) in [6.07, 6.45) is 2.52. The number of ether oxygens (including phenoxy) is 1. The summed E-state index contributed by atoms with van der Waals surface area (Å²) >= 11 is 3.35. The maximum absolute atomic E-state index is 14.1. The van der Waals surface area contributed by atoms with Gasteiger partial charge in [0.1, 0.15) is 11.5 Å². The Morgan fingerprint density at radius 2 is 2.25 bits per heavy atom. The SMILES string of the molecule is CCCn1ncc(OC)c1C(N)c1c(F)cccc1Br. The Kier molecular flexibility index (Phi) is 4.77. The summed E-state index contributed by atoms with van der Waals surface area (Å²) < 4.78 is 21.8. The molecule has 1 aromatic heterocycles. The van der Waals surface area contributed by atoms with E-state index in [1.807, 2.05) is 6.92 Å². The first-order chi connectivity index (χ1) is 9.60. The zero-order chi connectivity index (χ0) is 14.7. The van der Waals surface area contributed by atoms with E-state index in [2.05, 4.69) is 21.0 Å². The molecule has 0 aliphatic carbocycles. The fourth-order valence-electron chi connectivity index (χ4n) is 2.18. The topological polar surface area (TPSA) is 53.1 Å². The highest BCUT2D eigenvalue weighted by molar-refractivity contribution is 9.10. The molecule has 20 heavy (non-hydrogen) atoms. The minimum Gasteiger partial charge on any atom is -0.493 e. The van der Waals surface area contributed by atoms with E-state index >= 15 is 0 Å². The van der Waals surface area contributed by atoms with Crippen molar-refractivity contribution < 1.29 is 9.13 Å². The fourth-order valence-corrected chi connectivity index (χ4v) is 2.77. The second-order valence-corrected chi connectivity index (χ2v) is 5.29. The molecule has 1 heterocycles. The fraction of sp³-hybridized carbons (Fsp3) is 0.357. The molecule has 2 N–H and O–H groups in total. The third kappa shape index (κ3) is 2.71. The summed E-state index contributed by atoms with van der Waals surface area (Å²) in [7, 11) is 1.56. The van der Waals surface area contributed by atoms with Crippen molar-refractivity contribution in [2.45, 2.75) is 25.9 Å². The molecule has 0 aliphatic rings. The van der Waals surface area contributed by atoms with Crippen molar-refractivity contribution in [2.75, 3.05) is 7.11 Å². The molecule has 0 spiro atoms. The van der Waals surface area contributed by atoms with Crippen LogP contribution in [-0.4, -0.2) is 16.9 Å². The predicted octanol–water partition coefficient (Wildman–Crippen LogP) is 3.25. The standard InChI is InChI=1S/C14H17BrFN3O/c1-3-7-19-14(11(20-2)8-18-19)13(17)12-9(15)5-4-6-10(12)16/h4-6,8,13H,3,7,17H2,1-2H3. The van der Waals surface area contributed by atoms with Crippen LogP contribution >= 0.6 is 15.9 Å². The monoisotopic (exact) mass is 341 g/mol. The Balaban J connectivity index is 2.52. The number of hydrogen-bond donors (Lipinski definition) is 1. The van der Waals surface area contributed by atoms with Gasteiger partial charge in [0.2, 0.25) is 0 Å². The first-order valence-electron chi connectivity index (χ1n) is 6.39. The molecule has 0 fully saturated rings. The average molecular weight is 342 g/mol. The Morgan fingerprint density at radius 3 is 2.85 bits per heavy atom. The Labute approximate surface area is 125 Å². The van der Waals surface area contributed by atoms with Crippen LogP contribution in [0, 0.1) is 5.82 Å². The van der Waals surface area contributed by atoms with Crippen LogP contribution in [0.3, 0.4) is 0 Å². The van der Waals surface area contributed by atoms with E-state index in [0.717, 1.165) is 6.42 Å². The Bertz CT molecular complexity index is 580. The van der Waals surface area contributed by atoms with E-state index in [1.54, 1.807) is 30.1 Å². The number of benzene rings is 1. The van der Waals surface area contributed by atoms with Gasteiger partial charge in [-0.05, 0) is 18.6 Å². The molecule has 1 aromatic carbocycles. The van der Waals surface area contributed by atoms with Gasteiger partial charge >= 0.3 is 0 Å². The highest BCUT2D eigenvalue weighted by atomic mass is 79.9. The van der Waals surface area contributed by atoms with E-state index in [9.17, 15) is 4.39 Å². The highest BCUT2D eigenvalue weighted by Gasteiger charge is 2.24. The van der Waals surface area contributed by atoms with Crippen LogP contribution in [0.4, 0.5) is 4.39 Å². The zero-order valence-corrected chi connectivity index (χ0v) is 13.0. The Morgan fingerprint density at radius 1 is 1.50 bits per heavy atom. The normalized spacial score (nSPS) is 12.4. The van der Waals surface area contributed by atoms with Crippen molar-refractivity contribution in [3.63, 3.8) is 0 Å². The van der Waals surface area contributed by atoms with Gasteiger partial charge in [-0.25, -0.2) is 4.39 Å². The predicted molar refractivity (Wildman–Crippen MR) is 79.2 cm³/mol. The molecule has 1 atom stereocenters. The molecule has 108 valence electrons. The molecule has 0 saturated heterocycles. The zero-order valence-electron chi connectivity index (χ0n) is 11.4. The second kappa shape index (κ2) is 6.37. The van der Waals surface area contributed by atoms with Crippen LogP contribution in [0.2, 0.25) is 0 Å². The van der Waals surface area contributed by atoms with Gasteiger partial charge in [0.25, 0.3) is 0 Å². The summed E-state index contributed by atoms with van der Waals surface area (Å²) in [5.74, 6) is 0.222. The summed E-state index contributed by atoms with van der Waals surface area (Å²) in [6.45, 7) is 2.75. The van der Waals surface area contributed by atoms with Gasteiger partial charge in [0, 0.05) is 16.6 Å². The first-order valence-corrected chi connectivity index (χ1v) is 7.18. The highest BCUT2D eigenvalue weighted by Crippen LogP contribution is 2.33. The number of aryl methyl sites for hydroxylation is 1. The second-order valence-electron chi connectivity index (χ2n) is 4.43. The van der Waals surface area contributed by atoms with Gasteiger partial charge in [-0.15, -0.1) is 0 Å². The van der Waals surface area contributed by atoms with Crippen LogP contribution < -0.4 is 10.5 Å². The van der Waals surface area contributed by atoms with E-state index < -0.39 is 6.04 Å². The van der Waals surface area contributed by atoms with E-state index in [0.29, 0.717) is 28.0 Å². The molecule has 2 rings (SSSR count). The van der Waals surface area contributed by atoms with Crippen LogP contribution in [-0.2, 0) is 6.54 Å². The van der Waals surface area contributed by atoms with E-state index in [1.165, 1.54) is 6.07 Å². The Hall–Kier alpha value is -1.40. The van der Waals surface area contributed by atoms with Gasteiger partial charge in [0.15, 0.2) is 5.75 Å². The van der Waals surface area contributed by atoms with Gasteiger partial charge in [-0.1, -0.05) is 28.9 Å². The van der Waals surface area contributed by atoms with Crippen LogP contribution in [0.1, 0.15) is 30.6 Å². The van der Waals surface area contributed by atoms with Crippen molar-refractivity contribution >= 4 is 15.9 Å². The van der Waals surface area contributed by atoms with Gasteiger partial charge in [0.05, 0.1) is 19.3 Å². The van der Waals surface area contributed by atoms with Crippen molar-refractivity contribution in [3.05, 3.63) is 45.9 Å². The maximum atomic E-state index is 14.1. The maximum Gasteiger partial charge on any atom is 0.161 e. The molecule has 0 aliphatic heterocycles. The number of nitrogens with zero attached hydrogens (tertiary/aromatic N) is 2. The number of nitrogens with two attached hydrogens (primary N) is 1. The van der Waals surface area contributed by atoms with Crippen molar-refractivity contribution in [3.8, 4) is 5.75 Å². The van der Waals surface area contributed by atoms with Crippen molar-refractivity contribution in [2.24, 2.45) is 5.73 Å². The number of methoxy groups -OCH3 is 1. The van der Waals surface area contributed by atoms with Crippen LogP contribution in [0.15, 0.2) is 28.9 Å². The largest absolute Gasteiger partial charge is 0.493 e. The summed E-state index contributed by atoms with van der Waals surface area (Å²) in [4.78, 5) is 0. The smallest absolute Gasteiger partial charge is 0.161 e. The van der Waals surface area contributed by atoms with E-state index in [-0.39, 0.29) is 5.82 Å². The quantitative estimate of drug-likeness (QED) is 0.908. The number of hydrogen-bond acceptors (Lipinski definition) is 3. The average Bonchev–Trinajstić information content (AvgIpc) is 2.81. The number of aromatic nitrogens is 2. The van der Waals surface area contributed by atoms with Crippen molar-refractivity contribution in [1.29, 1.82) is 0 Å². The third-order valence-electron chi connectivity index (χ3n) is 3.11.